The highest BCUT2D eigenvalue weighted by Gasteiger charge is 2.17. The third-order valence-electron chi connectivity index (χ3n) is 3.78. The number of aliphatic hydroxyl groups excluding tert-OH is 1. The van der Waals surface area contributed by atoms with E-state index in [1.54, 1.807) is 24.3 Å². The molecule has 0 fully saturated rings. The normalized spacial score (nSPS) is 10.9. The zero-order valence-electron chi connectivity index (χ0n) is 15.5. The molecular formula is C20H21NO6. The first-order chi connectivity index (χ1) is 12.9. The molecule has 2 rings (SSSR count). The van der Waals surface area contributed by atoms with E-state index in [0.29, 0.717) is 22.9 Å². The van der Waals surface area contributed by atoms with Crippen molar-refractivity contribution < 1.29 is 28.9 Å². The Morgan fingerprint density at radius 1 is 0.963 bits per heavy atom. The van der Waals surface area contributed by atoms with E-state index >= 15 is 0 Å². The Balaban J connectivity index is 2.25. The summed E-state index contributed by atoms with van der Waals surface area (Å²) < 4.78 is 15.4. The second-order valence-electron chi connectivity index (χ2n) is 5.62. The molecule has 0 unspecified atom stereocenters. The number of methoxy groups -OCH3 is 3. The summed E-state index contributed by atoms with van der Waals surface area (Å²) >= 11 is 0. The minimum atomic E-state index is -0.930. The lowest BCUT2D eigenvalue weighted by Crippen LogP contribution is -2.21. The molecule has 27 heavy (non-hydrogen) atoms. The Hall–Kier alpha value is -3.48. The number of carbonyl (C=O) groups is 2. The van der Waals surface area contributed by atoms with Crippen molar-refractivity contribution in [2.75, 3.05) is 26.6 Å². The molecule has 0 saturated carbocycles. The minimum absolute atomic E-state index is 0.228. The monoisotopic (exact) mass is 371 g/mol. The first-order valence-electron chi connectivity index (χ1n) is 8.02. The van der Waals surface area contributed by atoms with Gasteiger partial charge in [-0.05, 0) is 42.8 Å². The molecule has 0 aliphatic carbocycles. The molecule has 142 valence electrons. The van der Waals surface area contributed by atoms with Crippen molar-refractivity contribution in [1.29, 1.82) is 0 Å². The summed E-state index contributed by atoms with van der Waals surface area (Å²) in [7, 11) is 4.36. The second kappa shape index (κ2) is 8.75. The molecule has 1 amide bonds. The van der Waals surface area contributed by atoms with Gasteiger partial charge in [-0.3, -0.25) is 9.59 Å². The van der Waals surface area contributed by atoms with Gasteiger partial charge in [0.1, 0.15) is 23.0 Å². The van der Waals surface area contributed by atoms with Crippen LogP contribution in [0, 0.1) is 6.92 Å². The van der Waals surface area contributed by atoms with Gasteiger partial charge in [-0.25, -0.2) is 0 Å². The molecule has 0 aliphatic rings. The lowest BCUT2D eigenvalue weighted by molar-refractivity contribution is -0.132. The third-order valence-corrected chi connectivity index (χ3v) is 3.78. The predicted octanol–water partition coefficient (Wildman–Crippen LogP) is 3.13. The van der Waals surface area contributed by atoms with Gasteiger partial charge in [-0.2, -0.15) is 0 Å². The number of nitrogens with one attached hydrogen (secondary N) is 1. The zero-order valence-corrected chi connectivity index (χ0v) is 15.5. The molecular weight excluding hydrogens is 350 g/mol. The maximum absolute atomic E-state index is 12.2. The van der Waals surface area contributed by atoms with Crippen LogP contribution in [0.15, 0.2) is 42.5 Å². The highest BCUT2D eigenvalue weighted by Crippen LogP contribution is 2.29. The molecule has 0 bridgehead atoms. The number of rotatable bonds is 7. The van der Waals surface area contributed by atoms with Gasteiger partial charge in [0.25, 0.3) is 5.91 Å². The van der Waals surface area contributed by atoms with Gasteiger partial charge < -0.3 is 24.6 Å². The van der Waals surface area contributed by atoms with Gasteiger partial charge in [0, 0.05) is 6.08 Å². The van der Waals surface area contributed by atoms with E-state index in [9.17, 15) is 14.7 Å². The lowest BCUT2D eigenvalue weighted by atomic mass is 10.1. The summed E-state index contributed by atoms with van der Waals surface area (Å²) in [6.45, 7) is 1.84. The van der Waals surface area contributed by atoms with E-state index in [0.717, 1.165) is 11.6 Å². The van der Waals surface area contributed by atoms with Gasteiger partial charge >= 0.3 is 0 Å². The highest BCUT2D eigenvalue weighted by molar-refractivity contribution is 6.45. The molecule has 0 aromatic heterocycles. The average Bonchev–Trinajstić information content (AvgIpc) is 2.67. The highest BCUT2D eigenvalue weighted by atomic mass is 16.5. The Bertz CT molecular complexity index is 888. The molecule has 0 saturated heterocycles. The molecule has 0 heterocycles. The number of hydrogen-bond donors (Lipinski definition) is 2. The second-order valence-corrected chi connectivity index (χ2v) is 5.62. The maximum Gasteiger partial charge on any atom is 0.296 e. The fourth-order valence-corrected chi connectivity index (χ4v) is 2.39. The number of ketones is 1. The van der Waals surface area contributed by atoms with Crippen LogP contribution in [-0.4, -0.2) is 38.1 Å². The average molecular weight is 371 g/mol. The van der Waals surface area contributed by atoms with Crippen LogP contribution >= 0.6 is 0 Å². The van der Waals surface area contributed by atoms with Crippen molar-refractivity contribution in [3.05, 3.63) is 53.6 Å². The van der Waals surface area contributed by atoms with Crippen molar-refractivity contribution in [3.8, 4) is 17.2 Å². The van der Waals surface area contributed by atoms with Crippen LogP contribution in [0.5, 0.6) is 17.2 Å². The number of aliphatic hydroxyl groups is 1. The number of benzene rings is 2. The summed E-state index contributed by atoms with van der Waals surface area (Å²) in [5, 5.41) is 12.8. The lowest BCUT2D eigenvalue weighted by Gasteiger charge is -2.11. The van der Waals surface area contributed by atoms with Gasteiger partial charge in [0.05, 0.1) is 32.6 Å². The fraction of sp³-hybridized carbons (Fsp3) is 0.200. The number of hydrogen-bond acceptors (Lipinski definition) is 6. The summed E-state index contributed by atoms with van der Waals surface area (Å²) in [4.78, 5) is 24.4. The molecule has 7 heteroatoms. The Labute approximate surface area is 157 Å². The van der Waals surface area contributed by atoms with Crippen molar-refractivity contribution in [3.63, 3.8) is 0 Å². The molecule has 0 aliphatic heterocycles. The largest absolute Gasteiger partial charge is 0.507 e. The molecule has 0 radical (unpaired) electrons. The van der Waals surface area contributed by atoms with Gasteiger partial charge in [-0.1, -0.05) is 6.07 Å². The summed E-state index contributed by atoms with van der Waals surface area (Å²) in [6.07, 6.45) is 0.828. The SMILES string of the molecule is COc1ccc(OC)c(/C(O)=C/C(=O)C(=O)Nc2cc(C)ccc2OC)c1. The molecule has 2 N–H and O–H groups in total. The quantitative estimate of drug-likeness (QED) is 0.441. The van der Waals surface area contributed by atoms with Crippen LogP contribution in [0.4, 0.5) is 5.69 Å². The zero-order chi connectivity index (χ0) is 20.0. The van der Waals surface area contributed by atoms with Crippen molar-refractivity contribution in [2.45, 2.75) is 6.92 Å². The van der Waals surface area contributed by atoms with Crippen LogP contribution in [0.2, 0.25) is 0 Å². The smallest absolute Gasteiger partial charge is 0.296 e. The Morgan fingerprint density at radius 3 is 2.26 bits per heavy atom. The predicted molar refractivity (Wildman–Crippen MR) is 102 cm³/mol. The van der Waals surface area contributed by atoms with Gasteiger partial charge in [0.15, 0.2) is 0 Å². The number of aryl methyl sites for hydroxylation is 1. The number of anilines is 1. The van der Waals surface area contributed by atoms with Crippen LogP contribution < -0.4 is 19.5 Å². The first-order valence-corrected chi connectivity index (χ1v) is 8.02. The summed E-state index contributed by atoms with van der Waals surface area (Å²) in [5.41, 5.74) is 1.48. The van der Waals surface area contributed by atoms with E-state index in [1.165, 1.54) is 27.4 Å². The first kappa shape index (κ1) is 19.8. The van der Waals surface area contributed by atoms with E-state index in [1.807, 2.05) is 13.0 Å². The van der Waals surface area contributed by atoms with Gasteiger partial charge in [-0.15, -0.1) is 0 Å². The summed E-state index contributed by atoms with van der Waals surface area (Å²) in [6, 6.07) is 9.91. The minimum Gasteiger partial charge on any atom is -0.507 e. The number of ether oxygens (including phenoxy) is 3. The van der Waals surface area contributed by atoms with Gasteiger partial charge in [0.2, 0.25) is 5.78 Å². The fourth-order valence-electron chi connectivity index (χ4n) is 2.39. The molecule has 7 nitrogen and oxygen atoms in total. The molecule has 0 atom stereocenters. The molecule has 0 spiro atoms. The Kier molecular flexibility index (Phi) is 6.43. The Morgan fingerprint density at radius 2 is 1.63 bits per heavy atom. The van der Waals surface area contributed by atoms with Crippen molar-refractivity contribution in [2.24, 2.45) is 0 Å². The van der Waals surface area contributed by atoms with Crippen molar-refractivity contribution >= 4 is 23.1 Å². The summed E-state index contributed by atoms with van der Waals surface area (Å²) in [5.74, 6) is -1.04. The van der Waals surface area contributed by atoms with E-state index in [4.69, 9.17) is 14.2 Å². The van der Waals surface area contributed by atoms with E-state index in [-0.39, 0.29) is 5.56 Å². The van der Waals surface area contributed by atoms with Crippen LogP contribution in [0.3, 0.4) is 0 Å². The maximum atomic E-state index is 12.2. The van der Waals surface area contributed by atoms with Crippen LogP contribution in [0.25, 0.3) is 5.76 Å². The van der Waals surface area contributed by atoms with E-state index in [2.05, 4.69) is 5.32 Å². The topological polar surface area (TPSA) is 94.1 Å². The number of amides is 1. The van der Waals surface area contributed by atoms with Crippen LogP contribution in [0.1, 0.15) is 11.1 Å². The molecule has 2 aromatic rings. The number of carbonyl (C=O) groups excluding carboxylic acids is 2. The van der Waals surface area contributed by atoms with Crippen molar-refractivity contribution in [1.82, 2.24) is 0 Å². The van der Waals surface area contributed by atoms with E-state index < -0.39 is 17.4 Å². The standard InChI is InChI=1S/C20H21NO6/c1-12-5-7-19(27-4)15(9-12)21-20(24)17(23)11-16(22)14-10-13(25-2)6-8-18(14)26-3/h5-11,22H,1-4H3,(H,21,24)/b16-11-. The van der Waals surface area contributed by atoms with Crippen LogP contribution in [-0.2, 0) is 9.59 Å². The molecule has 2 aromatic carbocycles. The third kappa shape index (κ3) is 4.78.